The monoisotopic (exact) mass is 618 g/mol. The van der Waals surface area contributed by atoms with Crippen LogP contribution in [0.25, 0.3) is 0 Å². The second-order valence-corrected chi connectivity index (χ2v) is 10.7. The van der Waals surface area contributed by atoms with Crippen molar-refractivity contribution in [3.05, 3.63) is 42.0 Å². The van der Waals surface area contributed by atoms with E-state index in [9.17, 15) is 24.6 Å². The number of nitrogens with zero attached hydrogens (tertiary/aromatic N) is 4. The number of hydrogen-bond acceptors (Lipinski definition) is 6. The van der Waals surface area contributed by atoms with Gasteiger partial charge in [0.25, 0.3) is 0 Å². The summed E-state index contributed by atoms with van der Waals surface area (Å²) >= 11 is 1.40. The Hall–Kier alpha value is -2.06. The zero-order valence-corrected chi connectivity index (χ0v) is 23.1. The summed E-state index contributed by atoms with van der Waals surface area (Å²) in [6.45, 7) is 9.45. The summed E-state index contributed by atoms with van der Waals surface area (Å²) in [5, 5.41) is 19.9. The van der Waals surface area contributed by atoms with E-state index in [2.05, 4.69) is 6.58 Å². The summed E-state index contributed by atoms with van der Waals surface area (Å²) in [5.41, 5.74) is -0.730. The molecule has 3 aliphatic heterocycles. The molecule has 10 nitrogen and oxygen atoms in total. The Morgan fingerprint density at radius 1 is 1.46 bits per heavy atom. The van der Waals surface area contributed by atoms with Crippen LogP contribution >= 0.6 is 11.8 Å². The van der Waals surface area contributed by atoms with Crippen LogP contribution < -0.4 is 28.5 Å². The summed E-state index contributed by atoms with van der Waals surface area (Å²) in [4.78, 5) is 41.3. The van der Waals surface area contributed by atoms with E-state index in [4.69, 9.17) is 4.74 Å². The van der Waals surface area contributed by atoms with E-state index in [0.717, 1.165) is 0 Å². The smallest absolute Gasteiger partial charge is 0.413 e. The summed E-state index contributed by atoms with van der Waals surface area (Å²) in [7, 11) is 1.89. The number of amides is 2. The predicted molar refractivity (Wildman–Crippen MR) is 123 cm³/mol. The van der Waals surface area contributed by atoms with Crippen molar-refractivity contribution in [1.29, 1.82) is 0 Å². The second kappa shape index (κ2) is 10.1. The van der Waals surface area contributed by atoms with Gasteiger partial charge in [0.1, 0.15) is 24.7 Å². The minimum atomic E-state index is -1.16. The lowest BCUT2D eigenvalue weighted by atomic mass is 9.79. The molecule has 2 fully saturated rings. The summed E-state index contributed by atoms with van der Waals surface area (Å²) in [6.07, 6.45) is 6.40. The number of β-lactam (4-membered cyclic amide) rings is 1. The van der Waals surface area contributed by atoms with Gasteiger partial charge in [0.15, 0.2) is 5.66 Å². The van der Waals surface area contributed by atoms with Crippen LogP contribution in [0, 0.1) is 11.8 Å². The first-order chi connectivity index (χ1) is 16.0. The number of likely N-dealkylation sites (tertiary alicyclic amines) is 1. The Morgan fingerprint density at radius 2 is 2.14 bits per heavy atom. The fraction of sp³-hybridized carbons (Fsp3) is 0.565. The Balaban J connectivity index is 0.00000342. The molecule has 0 aromatic carbocycles. The number of halogens is 1. The number of fused-ring (bicyclic) bond motifs is 1. The molecule has 2 amide bonds. The minimum absolute atomic E-state index is 0. The number of rotatable bonds is 7. The maximum atomic E-state index is 12.9. The van der Waals surface area contributed by atoms with Gasteiger partial charge in [-0.1, -0.05) is 19.6 Å². The van der Waals surface area contributed by atoms with E-state index in [1.165, 1.54) is 22.7 Å². The molecule has 4 rings (SSSR count). The van der Waals surface area contributed by atoms with Gasteiger partial charge in [-0.3, -0.25) is 9.69 Å². The lowest BCUT2D eigenvalue weighted by Crippen LogP contribution is -3.00. The van der Waals surface area contributed by atoms with Crippen molar-refractivity contribution in [2.75, 3.05) is 13.2 Å². The third-order valence-electron chi connectivity index (χ3n) is 7.06. The van der Waals surface area contributed by atoms with Gasteiger partial charge in [-0.25, -0.2) is 18.7 Å². The van der Waals surface area contributed by atoms with Gasteiger partial charge in [0, 0.05) is 29.0 Å². The first-order valence-corrected chi connectivity index (χ1v) is 12.1. The molecule has 192 valence electrons. The van der Waals surface area contributed by atoms with Crippen molar-refractivity contribution in [3.8, 4) is 0 Å². The molecule has 1 aromatic rings. The second-order valence-electron chi connectivity index (χ2n) is 9.40. The van der Waals surface area contributed by atoms with Crippen molar-refractivity contribution in [2.45, 2.75) is 50.3 Å². The van der Waals surface area contributed by atoms with Crippen LogP contribution in [-0.4, -0.2) is 73.1 Å². The van der Waals surface area contributed by atoms with Gasteiger partial charge in [-0.05, 0) is 13.8 Å². The van der Waals surface area contributed by atoms with Crippen LogP contribution in [0.1, 0.15) is 27.2 Å². The number of hydrogen-bond donors (Lipinski definition) is 2. The number of aryl methyl sites for hydroxylation is 1. The van der Waals surface area contributed by atoms with Crippen LogP contribution in [0.5, 0.6) is 0 Å². The molecule has 4 heterocycles. The minimum Gasteiger partial charge on any atom is -1.00 e. The van der Waals surface area contributed by atoms with Crippen LogP contribution in [0.4, 0.5) is 4.79 Å². The van der Waals surface area contributed by atoms with Crippen molar-refractivity contribution >= 4 is 29.7 Å². The van der Waals surface area contributed by atoms with Crippen LogP contribution in [-0.2, 0) is 27.0 Å². The number of ether oxygens (including phenoxy) is 1. The maximum Gasteiger partial charge on any atom is 0.413 e. The Labute approximate surface area is 225 Å². The van der Waals surface area contributed by atoms with E-state index >= 15 is 0 Å². The number of carbonyl (C=O) groups excluding carboxylic acids is 2. The van der Waals surface area contributed by atoms with Crippen LogP contribution in [0.2, 0.25) is 0 Å². The van der Waals surface area contributed by atoms with Crippen molar-refractivity contribution in [2.24, 2.45) is 18.9 Å². The molecule has 0 aliphatic carbocycles. The van der Waals surface area contributed by atoms with Crippen LogP contribution in [0.15, 0.2) is 42.0 Å². The number of aromatic nitrogens is 2. The number of aliphatic hydroxyl groups is 1. The van der Waals surface area contributed by atoms with Gasteiger partial charge >= 0.3 is 12.1 Å². The number of aliphatic carboxylic acids is 1. The first kappa shape index (κ1) is 27.5. The highest BCUT2D eigenvalue weighted by Gasteiger charge is 2.61. The molecular formula is C23H31IN4O6S. The fourth-order valence-electron chi connectivity index (χ4n) is 5.40. The average Bonchev–Trinajstić information content (AvgIpc) is 3.41. The van der Waals surface area contributed by atoms with E-state index in [-0.39, 0.29) is 59.4 Å². The molecule has 35 heavy (non-hydrogen) atoms. The molecule has 6 atom stereocenters. The topological polar surface area (TPSA) is 116 Å². The van der Waals surface area contributed by atoms with E-state index in [1.807, 2.05) is 48.8 Å². The molecule has 2 saturated heterocycles. The SMILES string of the molecule is C=CCOC(=O)N1C[C@@H](SC2=C(C(=O)O)N3C(=O)[C@H]([C@@H](C)O)[C@H]3[C@H]2C)C[C@]1(C)[n+]1ccn(C)c1.[I-]. The number of carbonyl (C=O) groups is 3. The standard InChI is InChI=1S/C23H30N4O6S.HI/c1-6-9-33-22(32)26-11-15(10-23(26,4)25-8-7-24(5)12-25)34-19-13(2)17-16(14(3)28)20(29)27(17)18(19)21(30)31;/h6-8,12-17,28H,1,9-11H2,2-5H3;1H/t13-,14-,15+,16-,17-,23-;/m1./s1. The Bertz CT molecular complexity index is 1070. The molecule has 0 bridgehead atoms. The number of thioether (sulfide) groups is 1. The summed E-state index contributed by atoms with van der Waals surface area (Å²) in [5.74, 6) is -2.35. The first-order valence-electron chi connectivity index (χ1n) is 11.3. The molecule has 0 saturated carbocycles. The lowest BCUT2D eigenvalue weighted by molar-refractivity contribution is -0.778. The van der Waals surface area contributed by atoms with E-state index in [0.29, 0.717) is 17.9 Å². The predicted octanol–water partition coefficient (Wildman–Crippen LogP) is -1.73. The molecular weight excluding hydrogens is 587 g/mol. The van der Waals surface area contributed by atoms with Crippen molar-refractivity contribution in [3.63, 3.8) is 0 Å². The van der Waals surface area contributed by atoms with Gasteiger partial charge in [0.2, 0.25) is 12.2 Å². The average molecular weight is 618 g/mol. The fourth-order valence-corrected chi connectivity index (χ4v) is 7.04. The van der Waals surface area contributed by atoms with Crippen LogP contribution in [0.3, 0.4) is 0 Å². The molecule has 3 aliphatic rings. The van der Waals surface area contributed by atoms with Gasteiger partial charge in [0.05, 0.1) is 25.1 Å². The summed E-state index contributed by atoms with van der Waals surface area (Å²) < 4.78 is 9.19. The Morgan fingerprint density at radius 3 is 2.69 bits per heavy atom. The largest absolute Gasteiger partial charge is 1.00 e. The van der Waals surface area contributed by atoms with Crippen molar-refractivity contribution < 1.29 is 57.9 Å². The number of aliphatic hydroxyl groups excluding tert-OH is 1. The van der Waals surface area contributed by atoms with Crippen molar-refractivity contribution in [1.82, 2.24) is 14.4 Å². The number of imidazole rings is 1. The molecule has 1 aromatic heterocycles. The number of carboxylic acid groups (broad SMARTS) is 1. The summed E-state index contributed by atoms with van der Waals surface area (Å²) in [6, 6.07) is -0.369. The maximum absolute atomic E-state index is 12.9. The molecule has 12 heteroatoms. The third kappa shape index (κ3) is 4.48. The highest BCUT2D eigenvalue weighted by Crippen LogP contribution is 2.53. The van der Waals surface area contributed by atoms with Gasteiger partial charge in [-0.2, -0.15) is 0 Å². The van der Waals surface area contributed by atoms with E-state index in [1.54, 1.807) is 11.8 Å². The van der Waals surface area contributed by atoms with Gasteiger partial charge in [-0.15, -0.1) is 11.8 Å². The molecule has 0 radical (unpaired) electrons. The third-order valence-corrected chi connectivity index (χ3v) is 8.53. The highest BCUT2D eigenvalue weighted by atomic mass is 127. The zero-order valence-electron chi connectivity index (χ0n) is 20.1. The Kier molecular flexibility index (Phi) is 7.97. The van der Waals surface area contributed by atoms with Gasteiger partial charge < -0.3 is 43.8 Å². The molecule has 0 spiro atoms. The lowest BCUT2D eigenvalue weighted by Gasteiger charge is -2.46. The van der Waals surface area contributed by atoms with E-state index < -0.39 is 29.7 Å². The molecule has 0 unspecified atom stereocenters. The normalized spacial score (nSPS) is 30.5. The highest BCUT2D eigenvalue weighted by molar-refractivity contribution is 8.03. The quantitative estimate of drug-likeness (QED) is 0.162. The zero-order chi connectivity index (χ0) is 24.9. The molecule has 2 N–H and O–H groups in total. The number of carboxylic acids is 1.